The Hall–Kier alpha value is -3.04. The first-order chi connectivity index (χ1) is 18.3. The third-order valence-electron chi connectivity index (χ3n) is 7.44. The lowest BCUT2D eigenvalue weighted by atomic mass is 9.81. The Morgan fingerprint density at radius 2 is 1.90 bits per heavy atom. The molecule has 2 amide bonds. The highest BCUT2D eigenvalue weighted by Crippen LogP contribution is 2.36. The number of benzene rings is 1. The summed E-state index contributed by atoms with van der Waals surface area (Å²) < 4.78 is 5.44. The maximum absolute atomic E-state index is 13.7. The van der Waals surface area contributed by atoms with Gasteiger partial charge in [0.05, 0.1) is 33.9 Å². The molecule has 0 spiro atoms. The molecule has 0 unspecified atom stereocenters. The minimum Gasteiger partial charge on any atom is -0.391 e. The minimum absolute atomic E-state index is 0.0692. The van der Waals surface area contributed by atoms with Crippen molar-refractivity contribution in [3.63, 3.8) is 0 Å². The number of rotatable bonds is 7. The van der Waals surface area contributed by atoms with E-state index in [0.29, 0.717) is 11.5 Å². The number of thiazole rings is 1. The Labute approximate surface area is 234 Å². The lowest BCUT2D eigenvalue weighted by Gasteiger charge is -2.31. The molecule has 1 aromatic carbocycles. The van der Waals surface area contributed by atoms with Gasteiger partial charge >= 0.3 is 0 Å². The van der Waals surface area contributed by atoms with E-state index in [4.69, 9.17) is 4.52 Å². The van der Waals surface area contributed by atoms with Crippen LogP contribution in [-0.4, -0.2) is 50.7 Å². The van der Waals surface area contributed by atoms with Gasteiger partial charge in [-0.2, -0.15) is 0 Å². The summed E-state index contributed by atoms with van der Waals surface area (Å²) in [4.78, 5) is 34.4. The van der Waals surface area contributed by atoms with Gasteiger partial charge in [-0.3, -0.25) is 9.59 Å². The molecule has 0 bridgehead atoms. The van der Waals surface area contributed by atoms with Gasteiger partial charge in [0.25, 0.3) is 0 Å². The predicted octanol–water partition coefficient (Wildman–Crippen LogP) is 5.29. The molecule has 2 aromatic heterocycles. The highest BCUT2D eigenvalue weighted by atomic mass is 32.1. The third-order valence-corrected chi connectivity index (χ3v) is 8.42. The van der Waals surface area contributed by atoms with Crippen LogP contribution in [0.25, 0.3) is 10.4 Å². The van der Waals surface area contributed by atoms with Crippen LogP contribution >= 0.6 is 11.3 Å². The number of aryl methyl sites for hydroxylation is 2. The molecule has 210 valence electrons. The molecular weight excluding hydrogens is 512 g/mol. The summed E-state index contributed by atoms with van der Waals surface area (Å²) in [5, 5.41) is 17.6. The van der Waals surface area contributed by atoms with Crippen LogP contribution in [0.1, 0.15) is 88.2 Å². The van der Waals surface area contributed by atoms with Crippen molar-refractivity contribution in [3.05, 3.63) is 58.1 Å². The number of nitrogens with one attached hydrogen (secondary N) is 1. The smallest absolute Gasteiger partial charge is 0.243 e. The second kappa shape index (κ2) is 11.2. The number of aliphatic hydroxyl groups is 1. The van der Waals surface area contributed by atoms with E-state index < -0.39 is 18.1 Å². The Balaban J connectivity index is 1.58. The third kappa shape index (κ3) is 6.09. The highest BCUT2D eigenvalue weighted by molar-refractivity contribution is 7.13. The summed E-state index contributed by atoms with van der Waals surface area (Å²) in [5.74, 6) is -0.678. The Morgan fingerprint density at radius 3 is 2.46 bits per heavy atom. The van der Waals surface area contributed by atoms with Crippen molar-refractivity contribution in [2.24, 2.45) is 5.92 Å². The van der Waals surface area contributed by atoms with Gasteiger partial charge in [-0.05, 0) is 54.9 Å². The van der Waals surface area contributed by atoms with E-state index in [-0.39, 0.29) is 42.2 Å². The van der Waals surface area contributed by atoms with E-state index in [1.165, 1.54) is 4.90 Å². The van der Waals surface area contributed by atoms with Gasteiger partial charge in [0.15, 0.2) is 0 Å². The van der Waals surface area contributed by atoms with Crippen molar-refractivity contribution in [1.29, 1.82) is 0 Å². The number of hydrogen-bond donors (Lipinski definition) is 2. The Kier molecular flexibility index (Phi) is 8.33. The molecule has 2 N–H and O–H groups in total. The van der Waals surface area contributed by atoms with E-state index in [2.05, 4.69) is 54.4 Å². The number of likely N-dealkylation sites (tertiary alicyclic amines) is 1. The lowest BCUT2D eigenvalue weighted by Crippen LogP contribution is -2.48. The van der Waals surface area contributed by atoms with Gasteiger partial charge in [0.1, 0.15) is 17.7 Å². The molecule has 1 saturated heterocycles. The molecule has 9 heteroatoms. The van der Waals surface area contributed by atoms with Gasteiger partial charge in [0.2, 0.25) is 11.8 Å². The van der Waals surface area contributed by atoms with E-state index >= 15 is 0 Å². The maximum atomic E-state index is 13.7. The van der Waals surface area contributed by atoms with Crippen LogP contribution < -0.4 is 5.32 Å². The average Bonchev–Trinajstić information content (AvgIpc) is 3.57. The number of amides is 2. The van der Waals surface area contributed by atoms with Crippen LogP contribution in [0.3, 0.4) is 0 Å². The number of aromatic nitrogens is 2. The van der Waals surface area contributed by atoms with Gasteiger partial charge < -0.3 is 19.8 Å². The second-order valence-electron chi connectivity index (χ2n) is 12.0. The molecule has 1 aliphatic heterocycles. The SMILES string of the molecule is Cc1cc([C@H](C(=O)N2C[C@H](O)C[C@H]2C(=O)N[C@@H](C)c2ccc(-c3scnc3C)cc2C(C)(C)C)C(C)C)on1. The van der Waals surface area contributed by atoms with Crippen LogP contribution in [0.2, 0.25) is 0 Å². The molecule has 3 aromatic rings. The molecule has 1 aliphatic rings. The fourth-order valence-electron chi connectivity index (χ4n) is 5.44. The largest absolute Gasteiger partial charge is 0.391 e. The molecule has 1 fully saturated rings. The first kappa shape index (κ1) is 29.0. The minimum atomic E-state index is -0.767. The van der Waals surface area contributed by atoms with Crippen LogP contribution in [0.5, 0.6) is 0 Å². The number of aliphatic hydroxyl groups excluding tert-OH is 1. The molecule has 39 heavy (non-hydrogen) atoms. The second-order valence-corrected chi connectivity index (χ2v) is 12.9. The van der Waals surface area contributed by atoms with E-state index in [1.54, 1.807) is 17.4 Å². The van der Waals surface area contributed by atoms with Crippen molar-refractivity contribution in [1.82, 2.24) is 20.4 Å². The quantitative estimate of drug-likeness (QED) is 0.412. The zero-order valence-electron chi connectivity index (χ0n) is 24.1. The molecule has 4 rings (SSSR count). The van der Waals surface area contributed by atoms with Crippen molar-refractivity contribution in [2.45, 2.75) is 91.3 Å². The first-order valence-corrected chi connectivity index (χ1v) is 14.4. The van der Waals surface area contributed by atoms with E-state index in [0.717, 1.165) is 27.3 Å². The van der Waals surface area contributed by atoms with Crippen LogP contribution in [0, 0.1) is 19.8 Å². The molecule has 0 radical (unpaired) electrons. The van der Waals surface area contributed by atoms with Crippen molar-refractivity contribution in [3.8, 4) is 10.4 Å². The monoisotopic (exact) mass is 552 g/mol. The van der Waals surface area contributed by atoms with E-state index in [1.807, 2.05) is 40.1 Å². The Morgan fingerprint density at radius 1 is 1.18 bits per heavy atom. The summed E-state index contributed by atoms with van der Waals surface area (Å²) in [5.41, 5.74) is 6.66. The molecule has 8 nitrogen and oxygen atoms in total. The van der Waals surface area contributed by atoms with Gasteiger partial charge in [-0.1, -0.05) is 51.9 Å². The van der Waals surface area contributed by atoms with Gasteiger partial charge in [0, 0.05) is 19.0 Å². The normalized spacial score (nSPS) is 19.4. The number of hydrogen-bond acceptors (Lipinski definition) is 7. The molecule has 0 aliphatic carbocycles. The van der Waals surface area contributed by atoms with Crippen molar-refractivity contribution < 1.29 is 19.2 Å². The highest BCUT2D eigenvalue weighted by Gasteiger charge is 2.43. The maximum Gasteiger partial charge on any atom is 0.243 e. The number of β-amino-alcohol motifs (C(OH)–C–C–N with tert-alkyl or cyclic N) is 1. The number of nitrogens with zero attached hydrogens (tertiary/aromatic N) is 3. The van der Waals surface area contributed by atoms with E-state index in [9.17, 15) is 14.7 Å². The first-order valence-electron chi connectivity index (χ1n) is 13.5. The predicted molar refractivity (Wildman–Crippen MR) is 152 cm³/mol. The van der Waals surface area contributed by atoms with Gasteiger partial charge in [-0.25, -0.2) is 4.98 Å². The van der Waals surface area contributed by atoms with Crippen LogP contribution in [0.15, 0.2) is 34.3 Å². The zero-order valence-corrected chi connectivity index (χ0v) is 24.9. The summed E-state index contributed by atoms with van der Waals surface area (Å²) in [6.45, 7) is 16.3. The fraction of sp³-hybridized carbons (Fsp3) is 0.533. The fourth-order valence-corrected chi connectivity index (χ4v) is 6.24. The van der Waals surface area contributed by atoms with Crippen molar-refractivity contribution in [2.75, 3.05) is 6.54 Å². The summed E-state index contributed by atoms with van der Waals surface area (Å²) in [6, 6.07) is 7.05. The molecule has 3 heterocycles. The van der Waals surface area contributed by atoms with Crippen molar-refractivity contribution >= 4 is 23.2 Å². The van der Waals surface area contributed by atoms with Crippen LogP contribution in [0.4, 0.5) is 0 Å². The Bertz CT molecular complexity index is 1340. The van der Waals surface area contributed by atoms with Crippen LogP contribution in [-0.2, 0) is 15.0 Å². The lowest BCUT2D eigenvalue weighted by molar-refractivity contribution is -0.141. The molecular formula is C30H40N4O4S. The number of carbonyl (C=O) groups excluding carboxylic acids is 2. The topological polar surface area (TPSA) is 109 Å². The van der Waals surface area contributed by atoms with Gasteiger partial charge in [-0.15, -0.1) is 11.3 Å². The summed E-state index contributed by atoms with van der Waals surface area (Å²) in [7, 11) is 0. The molecule has 4 atom stereocenters. The standard InChI is InChI=1S/C30H40N4O4S/c1-16(2)26(25-11-17(3)33-38-25)29(37)34-14-21(35)13-24(34)28(36)32-18(4)22-10-9-20(12-23(22)30(6,7)8)27-19(5)31-15-39-27/h9-12,15-16,18,21,24,26,35H,13-14H2,1-8H3,(H,32,36)/t18-,21+,24-,26+/m0/s1. The average molecular weight is 553 g/mol. The zero-order chi connectivity index (χ0) is 28.6. The summed E-state index contributed by atoms with van der Waals surface area (Å²) in [6.07, 6.45) is -0.573. The summed E-state index contributed by atoms with van der Waals surface area (Å²) >= 11 is 1.62. The number of carbonyl (C=O) groups is 2. The molecule has 0 saturated carbocycles.